The van der Waals surface area contributed by atoms with Crippen molar-refractivity contribution in [1.29, 1.82) is 0 Å². The van der Waals surface area contributed by atoms with Gasteiger partial charge in [-0.1, -0.05) is 30.4 Å². The predicted octanol–water partition coefficient (Wildman–Crippen LogP) is 1.77. The van der Waals surface area contributed by atoms with E-state index in [1.165, 1.54) is 16.2 Å². The normalized spacial score (nSPS) is 30.0. The molecule has 2 fully saturated rings. The number of anilines is 1. The minimum absolute atomic E-state index is 0.158. The number of nitrogens with one attached hydrogen (secondary N) is 2. The number of aromatic nitrogens is 2. The van der Waals surface area contributed by atoms with E-state index in [1.54, 1.807) is 6.92 Å². The topological polar surface area (TPSA) is 104 Å². The average molecular weight is 375 g/mol. The van der Waals surface area contributed by atoms with Gasteiger partial charge in [0.15, 0.2) is 0 Å². The van der Waals surface area contributed by atoms with Crippen LogP contribution in [0.3, 0.4) is 0 Å². The molecule has 9 heteroatoms. The lowest BCUT2D eigenvalue weighted by Gasteiger charge is -2.25. The van der Waals surface area contributed by atoms with Crippen molar-refractivity contribution < 1.29 is 14.4 Å². The number of nitrogens with zero attached hydrogens (tertiary/aromatic N) is 3. The van der Waals surface area contributed by atoms with Gasteiger partial charge in [0.1, 0.15) is 11.2 Å². The highest BCUT2D eigenvalue weighted by atomic mass is 32.1. The summed E-state index contributed by atoms with van der Waals surface area (Å²) in [5.41, 5.74) is 0. The second-order valence-electron chi connectivity index (χ2n) is 7.07. The third-order valence-corrected chi connectivity index (χ3v) is 6.28. The van der Waals surface area contributed by atoms with Crippen molar-refractivity contribution in [3.8, 4) is 0 Å². The second-order valence-corrected chi connectivity index (χ2v) is 8.13. The van der Waals surface area contributed by atoms with Crippen LogP contribution in [0.2, 0.25) is 0 Å². The molecule has 1 aromatic heterocycles. The maximum atomic E-state index is 12.7. The van der Waals surface area contributed by atoms with Gasteiger partial charge in [-0.3, -0.25) is 19.8 Å². The molecule has 0 aromatic carbocycles. The summed E-state index contributed by atoms with van der Waals surface area (Å²) in [5.74, 6) is -0.553. The fourth-order valence-corrected chi connectivity index (χ4v) is 5.15. The summed E-state index contributed by atoms with van der Waals surface area (Å²) in [5, 5.41) is 14.5. The van der Waals surface area contributed by atoms with Crippen molar-refractivity contribution in [1.82, 2.24) is 20.4 Å². The molecule has 5 atom stereocenters. The Morgan fingerprint density at radius 2 is 1.92 bits per heavy atom. The Morgan fingerprint density at radius 1 is 1.27 bits per heavy atom. The van der Waals surface area contributed by atoms with E-state index >= 15 is 0 Å². The molecule has 8 nitrogen and oxygen atoms in total. The molecule has 2 heterocycles. The number of rotatable bonds is 5. The average Bonchev–Trinajstić information content (AvgIpc) is 3.33. The standard InChI is InChI=1S/C17H21N5O3S/c1-3-4-11-20-21-17(26-11)19-16(25)18-8(2)22-14(23)12-9-5-6-10(7-9)13(12)15(22)24/h5-6,8-10,12-13H,3-4,7H2,1-2H3,(H2,18,19,21,25). The van der Waals surface area contributed by atoms with Gasteiger partial charge in [-0.25, -0.2) is 4.79 Å². The molecule has 5 unspecified atom stereocenters. The lowest BCUT2D eigenvalue weighted by atomic mass is 9.85. The molecular formula is C17H21N5O3S. The van der Waals surface area contributed by atoms with E-state index in [9.17, 15) is 14.4 Å². The van der Waals surface area contributed by atoms with Crippen LogP contribution >= 0.6 is 11.3 Å². The molecule has 138 valence electrons. The molecule has 1 saturated heterocycles. The lowest BCUT2D eigenvalue weighted by molar-refractivity contribution is -0.143. The van der Waals surface area contributed by atoms with Crippen molar-refractivity contribution in [3.05, 3.63) is 17.2 Å². The van der Waals surface area contributed by atoms with Crippen LogP contribution in [0.4, 0.5) is 9.93 Å². The monoisotopic (exact) mass is 375 g/mol. The van der Waals surface area contributed by atoms with Crippen LogP contribution in [-0.4, -0.2) is 39.1 Å². The van der Waals surface area contributed by atoms with Gasteiger partial charge in [0.05, 0.1) is 11.8 Å². The van der Waals surface area contributed by atoms with Crippen LogP contribution in [0.25, 0.3) is 0 Å². The first kappa shape index (κ1) is 17.1. The molecule has 4 amide bonds. The summed E-state index contributed by atoms with van der Waals surface area (Å²) in [7, 11) is 0. The summed E-state index contributed by atoms with van der Waals surface area (Å²) in [6, 6.07) is -0.504. The number of fused-ring (bicyclic) bond motifs is 5. The Kier molecular flexibility index (Phi) is 4.26. The summed E-state index contributed by atoms with van der Waals surface area (Å²) in [4.78, 5) is 38.9. The molecule has 0 radical (unpaired) electrons. The number of hydrogen-bond acceptors (Lipinski definition) is 6. The number of imide groups is 1. The van der Waals surface area contributed by atoms with E-state index in [0.717, 1.165) is 24.3 Å². The minimum Gasteiger partial charge on any atom is -0.317 e. The van der Waals surface area contributed by atoms with Gasteiger partial charge in [0.25, 0.3) is 0 Å². The molecule has 3 aliphatic rings. The maximum absolute atomic E-state index is 12.7. The van der Waals surface area contributed by atoms with Crippen LogP contribution in [0, 0.1) is 23.7 Å². The number of aryl methyl sites for hydroxylation is 1. The Bertz CT molecular complexity index is 761. The van der Waals surface area contributed by atoms with E-state index < -0.39 is 12.2 Å². The molecule has 2 N–H and O–H groups in total. The summed E-state index contributed by atoms with van der Waals surface area (Å²) in [6.45, 7) is 3.69. The highest BCUT2D eigenvalue weighted by Crippen LogP contribution is 2.52. The first-order chi connectivity index (χ1) is 12.5. The minimum atomic E-state index is -0.706. The maximum Gasteiger partial charge on any atom is 0.322 e. The SMILES string of the molecule is CCCc1nnc(NC(=O)NC(C)N2C(=O)C3C4C=CC(C4)C3C2=O)s1. The molecule has 2 aliphatic carbocycles. The fourth-order valence-electron chi connectivity index (χ4n) is 4.31. The zero-order valence-corrected chi connectivity index (χ0v) is 15.5. The molecule has 0 spiro atoms. The first-order valence-corrected chi connectivity index (χ1v) is 9.76. The number of carbonyl (C=O) groups excluding carboxylic acids is 3. The third-order valence-electron chi connectivity index (χ3n) is 5.38. The number of hydrogen-bond donors (Lipinski definition) is 2. The van der Waals surface area contributed by atoms with E-state index in [0.29, 0.717) is 5.13 Å². The number of urea groups is 1. The lowest BCUT2D eigenvalue weighted by Crippen LogP contribution is -2.51. The van der Waals surface area contributed by atoms with Crippen molar-refractivity contribution in [2.24, 2.45) is 23.7 Å². The molecule has 4 rings (SSSR count). The highest BCUT2D eigenvalue weighted by Gasteiger charge is 2.60. The first-order valence-electron chi connectivity index (χ1n) is 8.94. The Hall–Kier alpha value is -2.29. The van der Waals surface area contributed by atoms with Crippen molar-refractivity contribution in [2.75, 3.05) is 5.32 Å². The van der Waals surface area contributed by atoms with Gasteiger partial charge >= 0.3 is 6.03 Å². The van der Waals surface area contributed by atoms with Gasteiger partial charge in [-0.15, -0.1) is 10.2 Å². The van der Waals surface area contributed by atoms with E-state index in [2.05, 4.69) is 33.0 Å². The fraction of sp³-hybridized carbons (Fsp3) is 0.588. The van der Waals surface area contributed by atoms with E-state index in [-0.39, 0.29) is 35.5 Å². The van der Waals surface area contributed by atoms with Gasteiger partial charge < -0.3 is 5.32 Å². The van der Waals surface area contributed by atoms with E-state index in [1.807, 2.05) is 6.92 Å². The van der Waals surface area contributed by atoms with E-state index in [4.69, 9.17) is 0 Å². The quantitative estimate of drug-likeness (QED) is 0.603. The number of amides is 4. The van der Waals surface area contributed by atoms with Gasteiger partial charge in [-0.05, 0) is 31.6 Å². The Balaban J connectivity index is 1.38. The van der Waals surface area contributed by atoms with Gasteiger partial charge in [-0.2, -0.15) is 0 Å². The summed E-state index contributed by atoms with van der Waals surface area (Å²) >= 11 is 1.32. The molecular weight excluding hydrogens is 354 g/mol. The zero-order valence-electron chi connectivity index (χ0n) is 14.6. The Morgan fingerprint density at radius 3 is 2.54 bits per heavy atom. The second kappa shape index (κ2) is 6.46. The van der Waals surface area contributed by atoms with Crippen LogP contribution in [0.1, 0.15) is 31.7 Å². The van der Waals surface area contributed by atoms with Crippen LogP contribution < -0.4 is 10.6 Å². The summed E-state index contributed by atoms with van der Waals surface area (Å²) in [6.07, 6.45) is 6.05. The van der Waals surface area contributed by atoms with Crippen LogP contribution in [0.5, 0.6) is 0 Å². The third kappa shape index (κ3) is 2.70. The van der Waals surface area contributed by atoms with Crippen LogP contribution in [-0.2, 0) is 16.0 Å². The van der Waals surface area contributed by atoms with Crippen molar-refractivity contribution in [3.63, 3.8) is 0 Å². The zero-order chi connectivity index (χ0) is 18.4. The number of allylic oxidation sites excluding steroid dienone is 2. The molecule has 1 aromatic rings. The number of carbonyl (C=O) groups is 3. The molecule has 26 heavy (non-hydrogen) atoms. The van der Waals surface area contributed by atoms with Crippen molar-refractivity contribution >= 4 is 34.3 Å². The Labute approximate surface area is 155 Å². The molecule has 1 saturated carbocycles. The highest BCUT2D eigenvalue weighted by molar-refractivity contribution is 7.15. The van der Waals surface area contributed by atoms with Gasteiger partial charge in [0, 0.05) is 6.42 Å². The predicted molar refractivity (Wildman–Crippen MR) is 95.1 cm³/mol. The largest absolute Gasteiger partial charge is 0.322 e. The molecule has 1 aliphatic heterocycles. The van der Waals surface area contributed by atoms with Crippen molar-refractivity contribution in [2.45, 2.75) is 39.3 Å². The summed E-state index contributed by atoms with van der Waals surface area (Å²) < 4.78 is 0. The molecule has 2 bridgehead atoms. The van der Waals surface area contributed by atoms with Crippen LogP contribution in [0.15, 0.2) is 12.2 Å². The smallest absolute Gasteiger partial charge is 0.317 e. The number of likely N-dealkylation sites (tertiary alicyclic amines) is 1. The van der Waals surface area contributed by atoms with Gasteiger partial charge in [0.2, 0.25) is 16.9 Å².